The highest BCUT2D eigenvalue weighted by Crippen LogP contribution is 2.32. The first-order chi connectivity index (χ1) is 12.2. The summed E-state index contributed by atoms with van der Waals surface area (Å²) in [6, 6.07) is 4.09. The first kappa shape index (κ1) is 17.3. The SMILES string of the molecule is CCN(CC)C(=O)N1CCCC(c2ncncc2-c2ccncc2)C1. The van der Waals surface area contributed by atoms with Crippen molar-refractivity contribution in [3.8, 4) is 11.1 Å². The van der Waals surface area contributed by atoms with Gasteiger partial charge in [-0.2, -0.15) is 0 Å². The first-order valence-corrected chi connectivity index (χ1v) is 8.98. The van der Waals surface area contributed by atoms with Gasteiger partial charge in [-0.15, -0.1) is 0 Å². The number of piperidine rings is 1. The van der Waals surface area contributed by atoms with Crippen LogP contribution in [-0.2, 0) is 0 Å². The smallest absolute Gasteiger partial charge is 0.319 e. The summed E-state index contributed by atoms with van der Waals surface area (Å²) in [5.41, 5.74) is 3.13. The average molecular weight is 339 g/mol. The maximum absolute atomic E-state index is 12.7. The second-order valence-corrected chi connectivity index (χ2v) is 6.30. The highest BCUT2D eigenvalue weighted by Gasteiger charge is 2.29. The zero-order valence-electron chi connectivity index (χ0n) is 14.9. The van der Waals surface area contributed by atoms with E-state index in [0.717, 1.165) is 49.3 Å². The fourth-order valence-electron chi connectivity index (χ4n) is 3.49. The Morgan fingerprint density at radius 2 is 2.00 bits per heavy atom. The summed E-state index contributed by atoms with van der Waals surface area (Å²) < 4.78 is 0. The molecule has 1 saturated heterocycles. The fraction of sp³-hybridized carbons (Fsp3) is 0.474. The Balaban J connectivity index is 1.84. The molecule has 1 aliphatic rings. The number of hydrogen-bond donors (Lipinski definition) is 0. The predicted molar refractivity (Wildman–Crippen MR) is 97.1 cm³/mol. The highest BCUT2D eigenvalue weighted by atomic mass is 16.2. The number of rotatable bonds is 4. The number of aromatic nitrogens is 3. The summed E-state index contributed by atoms with van der Waals surface area (Å²) >= 11 is 0. The van der Waals surface area contributed by atoms with E-state index in [0.29, 0.717) is 6.54 Å². The maximum Gasteiger partial charge on any atom is 0.319 e. The van der Waals surface area contributed by atoms with Crippen LogP contribution in [0.2, 0.25) is 0 Å². The van der Waals surface area contributed by atoms with Gasteiger partial charge < -0.3 is 9.80 Å². The lowest BCUT2D eigenvalue weighted by atomic mass is 9.90. The Morgan fingerprint density at radius 1 is 1.24 bits per heavy atom. The zero-order chi connectivity index (χ0) is 17.6. The van der Waals surface area contributed by atoms with Gasteiger partial charge in [0, 0.05) is 56.3 Å². The van der Waals surface area contributed by atoms with Crippen molar-refractivity contribution in [1.82, 2.24) is 24.8 Å². The third-order valence-electron chi connectivity index (χ3n) is 4.85. The number of carbonyl (C=O) groups is 1. The van der Waals surface area contributed by atoms with Crippen molar-refractivity contribution in [2.75, 3.05) is 26.2 Å². The molecule has 1 aliphatic heterocycles. The maximum atomic E-state index is 12.7. The molecule has 0 saturated carbocycles. The Hall–Kier alpha value is -2.50. The van der Waals surface area contributed by atoms with Gasteiger partial charge in [0.25, 0.3) is 0 Å². The molecule has 2 aromatic rings. The summed E-state index contributed by atoms with van der Waals surface area (Å²) in [7, 11) is 0. The molecule has 1 unspecified atom stereocenters. The van der Waals surface area contributed by atoms with Gasteiger partial charge in [0.2, 0.25) is 0 Å². The second kappa shape index (κ2) is 8.05. The lowest BCUT2D eigenvalue weighted by Crippen LogP contribution is -2.47. The van der Waals surface area contributed by atoms with Crippen LogP contribution in [0.1, 0.15) is 38.3 Å². The molecule has 3 rings (SSSR count). The van der Waals surface area contributed by atoms with Crippen LogP contribution in [0.5, 0.6) is 0 Å². The highest BCUT2D eigenvalue weighted by molar-refractivity contribution is 5.74. The third-order valence-corrected chi connectivity index (χ3v) is 4.85. The minimum absolute atomic E-state index is 0.134. The largest absolute Gasteiger partial charge is 0.325 e. The molecule has 25 heavy (non-hydrogen) atoms. The van der Waals surface area contributed by atoms with Gasteiger partial charge in [0.05, 0.1) is 5.69 Å². The lowest BCUT2D eigenvalue weighted by molar-refractivity contribution is 0.142. The van der Waals surface area contributed by atoms with Crippen molar-refractivity contribution in [3.05, 3.63) is 42.7 Å². The summed E-state index contributed by atoms with van der Waals surface area (Å²) in [4.78, 5) is 29.4. The van der Waals surface area contributed by atoms with E-state index in [1.54, 1.807) is 18.7 Å². The van der Waals surface area contributed by atoms with Crippen LogP contribution in [-0.4, -0.2) is 57.0 Å². The van der Waals surface area contributed by atoms with E-state index < -0.39 is 0 Å². The molecule has 0 spiro atoms. The van der Waals surface area contributed by atoms with Crippen LogP contribution >= 0.6 is 0 Å². The number of urea groups is 1. The summed E-state index contributed by atoms with van der Waals surface area (Å²) in [5, 5.41) is 0. The first-order valence-electron chi connectivity index (χ1n) is 8.98. The summed E-state index contributed by atoms with van der Waals surface area (Å²) in [6.07, 6.45) is 9.06. The number of amides is 2. The topological polar surface area (TPSA) is 62.2 Å². The van der Waals surface area contributed by atoms with Crippen LogP contribution in [0.15, 0.2) is 37.1 Å². The molecule has 0 bridgehead atoms. The normalized spacial score (nSPS) is 17.4. The minimum atomic E-state index is 0.134. The van der Waals surface area contributed by atoms with E-state index in [1.165, 1.54) is 0 Å². The number of nitrogens with zero attached hydrogens (tertiary/aromatic N) is 5. The van der Waals surface area contributed by atoms with Gasteiger partial charge in [0.1, 0.15) is 6.33 Å². The van der Waals surface area contributed by atoms with Gasteiger partial charge in [0.15, 0.2) is 0 Å². The van der Waals surface area contributed by atoms with Gasteiger partial charge >= 0.3 is 6.03 Å². The predicted octanol–water partition coefficient (Wildman–Crippen LogP) is 3.18. The van der Waals surface area contributed by atoms with Crippen molar-refractivity contribution < 1.29 is 4.79 Å². The van der Waals surface area contributed by atoms with E-state index in [2.05, 4.69) is 15.0 Å². The molecule has 6 nitrogen and oxygen atoms in total. The van der Waals surface area contributed by atoms with E-state index >= 15 is 0 Å². The van der Waals surface area contributed by atoms with Crippen LogP contribution in [0, 0.1) is 0 Å². The molecular weight excluding hydrogens is 314 g/mol. The van der Waals surface area contributed by atoms with Crippen LogP contribution in [0.4, 0.5) is 4.79 Å². The number of hydrogen-bond acceptors (Lipinski definition) is 4. The molecule has 2 aromatic heterocycles. The molecule has 3 heterocycles. The fourth-order valence-corrected chi connectivity index (χ4v) is 3.49. The van der Waals surface area contributed by atoms with Gasteiger partial charge in [-0.3, -0.25) is 4.98 Å². The monoisotopic (exact) mass is 339 g/mol. The summed E-state index contributed by atoms with van der Waals surface area (Å²) in [6.45, 7) is 7.06. The van der Waals surface area contributed by atoms with E-state index in [1.807, 2.05) is 42.0 Å². The zero-order valence-corrected chi connectivity index (χ0v) is 14.9. The molecule has 0 radical (unpaired) electrons. The van der Waals surface area contributed by atoms with Gasteiger partial charge in [-0.1, -0.05) is 0 Å². The molecule has 132 valence electrons. The number of likely N-dealkylation sites (tertiary alicyclic amines) is 1. The van der Waals surface area contributed by atoms with E-state index in [9.17, 15) is 4.79 Å². The van der Waals surface area contributed by atoms with E-state index in [-0.39, 0.29) is 11.9 Å². The third kappa shape index (κ3) is 3.78. The molecule has 0 N–H and O–H groups in total. The standard InChI is InChI=1S/C19H25N5O/c1-3-23(4-2)19(25)24-11-5-6-16(13-24)18-17(12-21-14-22-18)15-7-9-20-10-8-15/h7-10,12,14,16H,3-6,11,13H2,1-2H3. The minimum Gasteiger partial charge on any atom is -0.325 e. The molecule has 2 amide bonds. The Labute approximate surface area is 148 Å². The molecule has 1 atom stereocenters. The Bertz CT molecular complexity index is 702. The Morgan fingerprint density at radius 3 is 2.72 bits per heavy atom. The molecule has 0 aromatic carbocycles. The quantitative estimate of drug-likeness (QED) is 0.858. The van der Waals surface area contributed by atoms with Crippen LogP contribution in [0.3, 0.4) is 0 Å². The van der Waals surface area contributed by atoms with E-state index in [4.69, 9.17) is 0 Å². The lowest BCUT2D eigenvalue weighted by Gasteiger charge is -2.36. The van der Waals surface area contributed by atoms with Crippen molar-refractivity contribution in [1.29, 1.82) is 0 Å². The van der Waals surface area contributed by atoms with Gasteiger partial charge in [-0.25, -0.2) is 14.8 Å². The van der Waals surface area contributed by atoms with Crippen molar-refractivity contribution in [2.24, 2.45) is 0 Å². The number of pyridine rings is 1. The van der Waals surface area contributed by atoms with Gasteiger partial charge in [-0.05, 0) is 44.4 Å². The second-order valence-electron chi connectivity index (χ2n) is 6.30. The van der Waals surface area contributed by atoms with Crippen molar-refractivity contribution in [2.45, 2.75) is 32.6 Å². The van der Waals surface area contributed by atoms with Crippen LogP contribution in [0.25, 0.3) is 11.1 Å². The molecular formula is C19H25N5O. The molecule has 0 aliphatic carbocycles. The molecule has 6 heteroatoms. The summed E-state index contributed by atoms with van der Waals surface area (Å²) in [5.74, 6) is 0.236. The number of carbonyl (C=O) groups excluding carboxylic acids is 1. The van der Waals surface area contributed by atoms with Crippen molar-refractivity contribution in [3.63, 3.8) is 0 Å². The van der Waals surface area contributed by atoms with Crippen LogP contribution < -0.4 is 0 Å². The average Bonchev–Trinajstić information content (AvgIpc) is 2.69. The Kier molecular flexibility index (Phi) is 5.58. The van der Waals surface area contributed by atoms with Crippen molar-refractivity contribution >= 4 is 6.03 Å². The molecule has 1 fully saturated rings.